The van der Waals surface area contributed by atoms with Gasteiger partial charge in [-0.2, -0.15) is 5.26 Å². The highest BCUT2D eigenvalue weighted by Gasteiger charge is 2.57. The van der Waals surface area contributed by atoms with E-state index in [0.29, 0.717) is 52.5 Å². The van der Waals surface area contributed by atoms with Crippen LogP contribution in [0.5, 0.6) is 28.7 Å². The third kappa shape index (κ3) is 4.95. The van der Waals surface area contributed by atoms with Crippen molar-refractivity contribution in [2.24, 2.45) is 0 Å². The van der Waals surface area contributed by atoms with Gasteiger partial charge in [0.25, 0.3) is 0 Å². The van der Waals surface area contributed by atoms with E-state index in [1.165, 1.54) is 20.1 Å². The summed E-state index contributed by atoms with van der Waals surface area (Å²) in [7, 11) is 3.51. The zero-order valence-corrected chi connectivity index (χ0v) is 27.5. The van der Waals surface area contributed by atoms with Crippen LogP contribution in [-0.4, -0.2) is 72.5 Å². The number of aromatic hydroxyl groups is 1. The fraction of sp³-hybridized carbons (Fsp3) is 0.378. The molecule has 2 bridgehead atoms. The summed E-state index contributed by atoms with van der Waals surface area (Å²) in [6.45, 7) is 4.91. The number of aryl methyl sites for hydroxylation is 1. The number of hydrogen-bond acceptors (Lipinski definition) is 11. The van der Waals surface area contributed by atoms with Crippen LogP contribution in [0.3, 0.4) is 0 Å². The van der Waals surface area contributed by atoms with Crippen LogP contribution in [0.25, 0.3) is 6.08 Å². The molecule has 7 rings (SSSR count). The second-order valence-corrected chi connectivity index (χ2v) is 12.7. The summed E-state index contributed by atoms with van der Waals surface area (Å²) in [6.07, 6.45) is 3.93. The smallest absolute Gasteiger partial charge is 0.330 e. The first kappa shape index (κ1) is 31.5. The molecule has 11 nitrogen and oxygen atoms in total. The minimum Gasteiger partial charge on any atom is -0.504 e. The molecule has 11 heteroatoms. The number of benzene rings is 3. The van der Waals surface area contributed by atoms with Crippen molar-refractivity contribution in [1.82, 2.24) is 9.80 Å². The van der Waals surface area contributed by atoms with E-state index in [1.54, 1.807) is 6.08 Å². The fourth-order valence-electron chi connectivity index (χ4n) is 8.21. The molecule has 248 valence electrons. The van der Waals surface area contributed by atoms with Crippen molar-refractivity contribution in [3.05, 3.63) is 81.4 Å². The van der Waals surface area contributed by atoms with E-state index < -0.39 is 30.1 Å². The summed E-state index contributed by atoms with van der Waals surface area (Å²) in [4.78, 5) is 29.9. The molecule has 0 amide bonds. The normalized spacial score (nSPS) is 23.9. The van der Waals surface area contributed by atoms with Gasteiger partial charge in [-0.1, -0.05) is 36.4 Å². The molecule has 0 saturated carbocycles. The van der Waals surface area contributed by atoms with E-state index >= 15 is 0 Å². The van der Waals surface area contributed by atoms with E-state index in [9.17, 15) is 20.0 Å². The average molecular weight is 652 g/mol. The summed E-state index contributed by atoms with van der Waals surface area (Å²) in [6, 6.07) is 11.7. The van der Waals surface area contributed by atoms with Gasteiger partial charge in [0.1, 0.15) is 18.4 Å². The first-order chi connectivity index (χ1) is 23.1. The van der Waals surface area contributed by atoms with Crippen molar-refractivity contribution in [3.63, 3.8) is 0 Å². The molecular weight excluding hydrogens is 614 g/mol. The summed E-state index contributed by atoms with van der Waals surface area (Å²) >= 11 is 0. The molecule has 0 aliphatic carbocycles. The van der Waals surface area contributed by atoms with Crippen molar-refractivity contribution in [3.8, 4) is 34.8 Å². The molecule has 1 fully saturated rings. The Morgan fingerprint density at radius 3 is 2.54 bits per heavy atom. The maximum atomic E-state index is 13.2. The second-order valence-electron chi connectivity index (χ2n) is 12.7. The molecule has 0 radical (unpaired) electrons. The first-order valence-electron chi connectivity index (χ1n) is 16.0. The first-order valence-corrected chi connectivity index (χ1v) is 16.0. The van der Waals surface area contributed by atoms with Crippen LogP contribution in [-0.2, 0) is 27.2 Å². The minimum atomic E-state index is -0.669. The van der Waals surface area contributed by atoms with Crippen molar-refractivity contribution in [2.75, 3.05) is 27.6 Å². The number of methoxy groups -OCH3 is 1. The maximum Gasteiger partial charge on any atom is 0.330 e. The van der Waals surface area contributed by atoms with Gasteiger partial charge < -0.3 is 28.8 Å². The number of carbonyl (C=O) groups excluding carboxylic acids is 2. The molecule has 0 spiro atoms. The van der Waals surface area contributed by atoms with E-state index in [0.717, 1.165) is 22.3 Å². The summed E-state index contributed by atoms with van der Waals surface area (Å²) < 4.78 is 29.4. The lowest BCUT2D eigenvalue weighted by Gasteiger charge is -2.59. The van der Waals surface area contributed by atoms with Gasteiger partial charge in [-0.05, 0) is 56.5 Å². The van der Waals surface area contributed by atoms with Gasteiger partial charge in [-0.15, -0.1) is 0 Å². The lowest BCUT2D eigenvalue weighted by atomic mass is 9.71. The number of hydrogen-bond donors (Lipinski definition) is 1. The number of carbonyl (C=O) groups is 2. The number of esters is 2. The van der Waals surface area contributed by atoms with Crippen molar-refractivity contribution >= 4 is 18.0 Å². The molecule has 48 heavy (non-hydrogen) atoms. The van der Waals surface area contributed by atoms with Crippen LogP contribution in [0.1, 0.15) is 58.0 Å². The molecule has 1 saturated heterocycles. The molecule has 1 N–H and O–H groups in total. The van der Waals surface area contributed by atoms with Gasteiger partial charge in [0.2, 0.25) is 6.79 Å². The Morgan fingerprint density at radius 2 is 1.83 bits per heavy atom. The number of rotatable bonds is 6. The Hall–Kier alpha value is -5.05. The lowest BCUT2D eigenvalue weighted by molar-refractivity contribution is -0.143. The van der Waals surface area contributed by atoms with Crippen LogP contribution < -0.4 is 18.9 Å². The van der Waals surface area contributed by atoms with Gasteiger partial charge in [0.05, 0.1) is 25.3 Å². The fourth-order valence-corrected chi connectivity index (χ4v) is 8.21. The summed E-state index contributed by atoms with van der Waals surface area (Å²) in [5.74, 6) is 0.735. The highest BCUT2D eigenvalue weighted by Crippen LogP contribution is 2.58. The number of nitrogens with zero attached hydrogens (tertiary/aromatic N) is 3. The molecule has 4 aliphatic heterocycles. The summed E-state index contributed by atoms with van der Waals surface area (Å²) in [5, 5.41) is 22.5. The lowest BCUT2D eigenvalue weighted by Crippen LogP contribution is -2.68. The highest BCUT2D eigenvalue weighted by atomic mass is 16.7. The zero-order valence-electron chi connectivity index (χ0n) is 27.5. The highest BCUT2D eigenvalue weighted by molar-refractivity contribution is 5.87. The number of piperazine rings is 1. The van der Waals surface area contributed by atoms with E-state index in [4.69, 9.17) is 23.7 Å². The maximum absolute atomic E-state index is 13.2. The zero-order chi connectivity index (χ0) is 33.9. The van der Waals surface area contributed by atoms with E-state index in [1.807, 2.05) is 57.3 Å². The van der Waals surface area contributed by atoms with Crippen molar-refractivity contribution < 1.29 is 38.4 Å². The Balaban J connectivity index is 1.39. The molecule has 3 aromatic carbocycles. The minimum absolute atomic E-state index is 0.0298. The molecule has 4 aliphatic rings. The Labute approximate surface area is 278 Å². The number of likely N-dealkylation sites (N-methyl/N-ethyl adjacent to an activating group) is 1. The van der Waals surface area contributed by atoms with E-state index in [-0.39, 0.29) is 31.2 Å². The van der Waals surface area contributed by atoms with E-state index in [2.05, 4.69) is 15.9 Å². The SMILES string of the molecule is COc1c(C)cc2c(c1O)[C@@H]1C3Cc4c(OC(C)=O)c(C)c5c(c4[C@H](COC(=O)C=Cc4ccccc4)N3[C@@H](C#N)[C@H](C2)N1C)OCO5. The molecule has 5 atom stereocenters. The van der Waals surface area contributed by atoms with Crippen LogP contribution in [0.15, 0.2) is 42.5 Å². The number of ether oxygens (including phenoxy) is 5. The molecular formula is C37H37N3O8. The third-order valence-corrected chi connectivity index (χ3v) is 10.1. The van der Waals surface area contributed by atoms with Crippen LogP contribution in [0, 0.1) is 25.2 Å². The van der Waals surface area contributed by atoms with Crippen LogP contribution >= 0.6 is 0 Å². The number of nitriles is 1. The van der Waals surface area contributed by atoms with Gasteiger partial charge >= 0.3 is 11.9 Å². The van der Waals surface area contributed by atoms with Crippen LogP contribution in [0.2, 0.25) is 0 Å². The Morgan fingerprint density at radius 1 is 1.08 bits per heavy atom. The van der Waals surface area contributed by atoms with Crippen LogP contribution in [0.4, 0.5) is 0 Å². The summed E-state index contributed by atoms with van der Waals surface area (Å²) in [5.41, 5.74) is 5.35. The Kier molecular flexibility index (Phi) is 8.01. The number of phenolic OH excluding ortho intramolecular Hbond substituents is 1. The Bertz CT molecular complexity index is 1880. The monoisotopic (exact) mass is 651 g/mol. The predicted octanol–water partition coefficient (Wildman–Crippen LogP) is 4.70. The van der Waals surface area contributed by atoms with Crippen molar-refractivity contribution in [1.29, 1.82) is 5.26 Å². The third-order valence-electron chi connectivity index (χ3n) is 10.1. The number of phenols is 1. The van der Waals surface area contributed by atoms with Gasteiger partial charge in [-0.25, -0.2) is 4.79 Å². The topological polar surface area (TPSA) is 131 Å². The average Bonchev–Trinajstić information content (AvgIpc) is 3.56. The largest absolute Gasteiger partial charge is 0.504 e. The molecule has 1 unspecified atom stereocenters. The molecule has 0 aromatic heterocycles. The van der Waals surface area contributed by atoms with Crippen molar-refractivity contribution in [2.45, 2.75) is 63.8 Å². The predicted molar refractivity (Wildman–Crippen MR) is 174 cm³/mol. The molecule has 4 heterocycles. The number of fused-ring (bicyclic) bond motifs is 9. The molecule has 3 aromatic rings. The van der Waals surface area contributed by atoms with Gasteiger partial charge in [0, 0.05) is 47.3 Å². The van der Waals surface area contributed by atoms with Gasteiger partial charge in [0.15, 0.2) is 23.0 Å². The standard InChI is InChI=1S/C37H37N3O8/c1-19-13-23-14-25-27(16-38)40-26(32(39(25)4)30(23)33(43)34(19)44-5)15-24-31(37-36(46-18-47-37)20(2)35(24)48-21(3)41)28(40)17-45-29(42)12-11-22-9-7-6-8-10-22/h6-13,25-28,32,43H,14-15,17-18H2,1-5H3/t25-,26?,27-,28-,32-/m0/s1. The quantitative estimate of drug-likeness (QED) is 0.226. The van der Waals surface area contributed by atoms with Gasteiger partial charge in [-0.3, -0.25) is 14.6 Å². The second kappa shape index (κ2) is 12.2.